The van der Waals surface area contributed by atoms with Crippen molar-refractivity contribution in [1.29, 1.82) is 0 Å². The number of rotatable bonds is 3. The zero-order valence-electron chi connectivity index (χ0n) is 12.2. The summed E-state index contributed by atoms with van der Waals surface area (Å²) in [5, 5.41) is 9.47. The first kappa shape index (κ1) is 15.5. The second-order valence-corrected chi connectivity index (χ2v) is 7.05. The maximum Gasteiger partial charge on any atom is 0.227 e. The van der Waals surface area contributed by atoms with Gasteiger partial charge in [0, 0.05) is 23.0 Å². The van der Waals surface area contributed by atoms with Gasteiger partial charge in [0.2, 0.25) is 5.91 Å². The second kappa shape index (κ2) is 6.27. The predicted octanol–water partition coefficient (Wildman–Crippen LogP) is 2.92. The Kier molecular flexibility index (Phi) is 4.86. The highest BCUT2D eigenvalue weighted by Crippen LogP contribution is 2.29. The summed E-state index contributed by atoms with van der Waals surface area (Å²) >= 11 is 3.44. The van der Waals surface area contributed by atoms with E-state index in [9.17, 15) is 9.90 Å². The molecule has 0 aromatic heterocycles. The lowest BCUT2D eigenvalue weighted by Gasteiger charge is -2.39. The predicted molar refractivity (Wildman–Crippen MR) is 83.6 cm³/mol. The zero-order valence-corrected chi connectivity index (χ0v) is 13.7. The summed E-state index contributed by atoms with van der Waals surface area (Å²) in [6, 6.07) is 6.02. The van der Waals surface area contributed by atoms with Gasteiger partial charge in [-0.05, 0) is 43.0 Å². The van der Waals surface area contributed by atoms with Crippen molar-refractivity contribution in [2.24, 2.45) is 5.41 Å². The molecule has 3 nitrogen and oxygen atoms in total. The molecule has 1 saturated heterocycles. The highest BCUT2D eigenvalue weighted by Gasteiger charge is 2.32. The van der Waals surface area contributed by atoms with Gasteiger partial charge in [-0.2, -0.15) is 0 Å². The normalized spacial score (nSPS) is 22.9. The molecule has 1 aliphatic heterocycles. The van der Waals surface area contributed by atoms with Crippen LogP contribution in [0.5, 0.6) is 0 Å². The quantitative estimate of drug-likeness (QED) is 0.919. The Bertz CT molecular complexity index is 503. The summed E-state index contributed by atoms with van der Waals surface area (Å²) in [5.41, 5.74) is 2.08. The molecule has 1 atom stereocenters. The van der Waals surface area contributed by atoms with E-state index in [0.29, 0.717) is 13.0 Å². The number of piperidine rings is 1. The van der Waals surface area contributed by atoms with Crippen molar-refractivity contribution in [2.75, 3.05) is 19.7 Å². The van der Waals surface area contributed by atoms with Crippen molar-refractivity contribution in [2.45, 2.75) is 33.1 Å². The Balaban J connectivity index is 2.04. The van der Waals surface area contributed by atoms with Crippen molar-refractivity contribution < 1.29 is 9.90 Å². The molecule has 2 rings (SSSR count). The Morgan fingerprint density at radius 3 is 2.90 bits per heavy atom. The van der Waals surface area contributed by atoms with Crippen molar-refractivity contribution in [3.05, 3.63) is 33.8 Å². The minimum atomic E-state index is -0.136. The molecule has 0 bridgehead atoms. The molecule has 1 aromatic rings. The Hall–Kier alpha value is -0.870. The van der Waals surface area contributed by atoms with Gasteiger partial charge in [-0.3, -0.25) is 4.79 Å². The molecule has 110 valence electrons. The SMILES string of the molecule is Cc1cc(Br)ccc1CC(=O)N1CCCC(C)(CO)C1. The van der Waals surface area contributed by atoms with Gasteiger partial charge < -0.3 is 10.0 Å². The summed E-state index contributed by atoms with van der Waals surface area (Å²) in [4.78, 5) is 14.3. The Labute approximate surface area is 129 Å². The van der Waals surface area contributed by atoms with Crippen LogP contribution in [-0.4, -0.2) is 35.6 Å². The lowest BCUT2D eigenvalue weighted by Crippen LogP contribution is -2.47. The van der Waals surface area contributed by atoms with Gasteiger partial charge in [-0.1, -0.05) is 28.9 Å². The van der Waals surface area contributed by atoms with E-state index in [-0.39, 0.29) is 17.9 Å². The largest absolute Gasteiger partial charge is 0.396 e. The van der Waals surface area contributed by atoms with Crippen LogP contribution in [0.25, 0.3) is 0 Å². The molecule has 0 saturated carbocycles. The maximum atomic E-state index is 12.4. The van der Waals surface area contributed by atoms with Crippen LogP contribution in [0.15, 0.2) is 22.7 Å². The molecule has 4 heteroatoms. The average molecular weight is 340 g/mol. The summed E-state index contributed by atoms with van der Waals surface area (Å²) in [7, 11) is 0. The first-order valence-electron chi connectivity index (χ1n) is 7.07. The number of hydrogen-bond donors (Lipinski definition) is 1. The molecule has 1 aromatic carbocycles. The van der Waals surface area contributed by atoms with Gasteiger partial charge in [0.05, 0.1) is 13.0 Å². The third kappa shape index (κ3) is 3.61. The number of aryl methyl sites for hydroxylation is 1. The third-order valence-electron chi connectivity index (χ3n) is 4.16. The van der Waals surface area contributed by atoms with Crippen LogP contribution in [0.3, 0.4) is 0 Å². The first-order valence-corrected chi connectivity index (χ1v) is 7.86. The highest BCUT2D eigenvalue weighted by atomic mass is 79.9. The van der Waals surface area contributed by atoms with Crippen LogP contribution >= 0.6 is 15.9 Å². The van der Waals surface area contributed by atoms with Crippen LogP contribution in [0.2, 0.25) is 0 Å². The van der Waals surface area contributed by atoms with E-state index < -0.39 is 0 Å². The summed E-state index contributed by atoms with van der Waals surface area (Å²) in [5.74, 6) is 0.162. The minimum absolute atomic E-state index is 0.136. The van der Waals surface area contributed by atoms with Gasteiger partial charge in [-0.25, -0.2) is 0 Å². The topological polar surface area (TPSA) is 40.5 Å². The molecule has 0 spiro atoms. The molecular formula is C16H22BrNO2. The van der Waals surface area contributed by atoms with E-state index in [1.807, 2.05) is 30.0 Å². The molecule has 1 N–H and O–H groups in total. The summed E-state index contributed by atoms with van der Waals surface area (Å²) in [6.45, 7) is 5.70. The number of aliphatic hydroxyl groups excluding tert-OH is 1. The smallest absolute Gasteiger partial charge is 0.227 e. The first-order chi connectivity index (χ1) is 9.43. The molecule has 1 unspecified atom stereocenters. The monoisotopic (exact) mass is 339 g/mol. The fraction of sp³-hybridized carbons (Fsp3) is 0.562. The van der Waals surface area contributed by atoms with E-state index in [0.717, 1.165) is 35.0 Å². The molecule has 1 amide bonds. The van der Waals surface area contributed by atoms with Gasteiger partial charge >= 0.3 is 0 Å². The van der Waals surface area contributed by atoms with Crippen LogP contribution in [0.4, 0.5) is 0 Å². The number of amides is 1. The molecule has 1 aliphatic rings. The Morgan fingerprint density at radius 1 is 1.50 bits per heavy atom. The second-order valence-electron chi connectivity index (χ2n) is 6.14. The number of halogens is 1. The van der Waals surface area contributed by atoms with Gasteiger partial charge in [0.15, 0.2) is 0 Å². The fourth-order valence-electron chi connectivity index (χ4n) is 2.79. The number of likely N-dealkylation sites (tertiary alicyclic amines) is 1. The number of carbonyl (C=O) groups is 1. The number of nitrogens with zero attached hydrogens (tertiary/aromatic N) is 1. The van der Waals surface area contributed by atoms with E-state index in [4.69, 9.17) is 0 Å². The highest BCUT2D eigenvalue weighted by molar-refractivity contribution is 9.10. The molecule has 1 heterocycles. The van der Waals surface area contributed by atoms with Crippen LogP contribution in [-0.2, 0) is 11.2 Å². The van der Waals surface area contributed by atoms with Gasteiger partial charge in [0.25, 0.3) is 0 Å². The van der Waals surface area contributed by atoms with Crippen molar-refractivity contribution in [3.8, 4) is 0 Å². The van der Waals surface area contributed by atoms with Crippen LogP contribution in [0, 0.1) is 12.3 Å². The summed E-state index contributed by atoms with van der Waals surface area (Å²) < 4.78 is 1.04. The molecule has 0 radical (unpaired) electrons. The van der Waals surface area contributed by atoms with Gasteiger partial charge in [-0.15, -0.1) is 0 Å². The van der Waals surface area contributed by atoms with Crippen LogP contribution in [0.1, 0.15) is 30.9 Å². The number of hydrogen-bond acceptors (Lipinski definition) is 2. The molecule has 0 aliphatic carbocycles. The van der Waals surface area contributed by atoms with Crippen molar-refractivity contribution >= 4 is 21.8 Å². The zero-order chi connectivity index (χ0) is 14.8. The van der Waals surface area contributed by atoms with E-state index in [2.05, 4.69) is 22.9 Å². The Morgan fingerprint density at radius 2 is 2.25 bits per heavy atom. The lowest BCUT2D eigenvalue weighted by atomic mass is 9.82. The molecule has 20 heavy (non-hydrogen) atoms. The molecular weight excluding hydrogens is 318 g/mol. The fourth-order valence-corrected chi connectivity index (χ4v) is 3.27. The average Bonchev–Trinajstić information content (AvgIpc) is 2.42. The number of aliphatic hydroxyl groups is 1. The van der Waals surface area contributed by atoms with E-state index in [1.54, 1.807) is 0 Å². The molecule has 1 fully saturated rings. The third-order valence-corrected chi connectivity index (χ3v) is 4.65. The number of carbonyl (C=O) groups excluding carboxylic acids is 1. The van der Waals surface area contributed by atoms with Crippen molar-refractivity contribution in [3.63, 3.8) is 0 Å². The van der Waals surface area contributed by atoms with Crippen LogP contribution < -0.4 is 0 Å². The summed E-state index contributed by atoms with van der Waals surface area (Å²) in [6.07, 6.45) is 2.41. The van der Waals surface area contributed by atoms with E-state index >= 15 is 0 Å². The van der Waals surface area contributed by atoms with Crippen molar-refractivity contribution in [1.82, 2.24) is 4.90 Å². The standard InChI is InChI=1S/C16H22BrNO2/c1-12-8-14(17)5-4-13(12)9-15(20)18-7-3-6-16(2,10-18)11-19/h4-5,8,19H,3,6-7,9-11H2,1-2H3. The van der Waals surface area contributed by atoms with Gasteiger partial charge in [0.1, 0.15) is 0 Å². The number of benzene rings is 1. The maximum absolute atomic E-state index is 12.4. The minimum Gasteiger partial charge on any atom is -0.396 e. The lowest BCUT2D eigenvalue weighted by molar-refractivity contribution is -0.134. The van der Waals surface area contributed by atoms with E-state index in [1.165, 1.54) is 0 Å².